The van der Waals surface area contributed by atoms with Gasteiger partial charge in [0.25, 0.3) is 0 Å². The Kier molecular flexibility index (Phi) is 3.08. The highest BCUT2D eigenvalue weighted by atomic mass is 19.1. The Hall–Kier alpha value is -1.58. The van der Waals surface area contributed by atoms with Crippen molar-refractivity contribution in [3.63, 3.8) is 0 Å². The van der Waals surface area contributed by atoms with Crippen LogP contribution < -0.4 is 4.90 Å². The van der Waals surface area contributed by atoms with Crippen LogP contribution in [0.4, 0.5) is 10.1 Å². The molecule has 0 amide bonds. The molecule has 0 saturated heterocycles. The molecule has 1 aromatic carbocycles. The molecule has 0 fully saturated rings. The van der Waals surface area contributed by atoms with Gasteiger partial charge in [0.05, 0.1) is 6.67 Å². The van der Waals surface area contributed by atoms with E-state index in [0.29, 0.717) is 19.5 Å². The predicted molar refractivity (Wildman–Crippen MR) is 59.6 cm³/mol. The number of carbonyl (C=O) groups is 1. The number of carboxylic acid groups (broad SMARTS) is 1. The number of fused-ring (bicyclic) bond motifs is 1. The molecule has 16 heavy (non-hydrogen) atoms. The zero-order valence-corrected chi connectivity index (χ0v) is 8.90. The Balaban J connectivity index is 2.24. The second-order valence-corrected chi connectivity index (χ2v) is 3.94. The number of aliphatic carboxylic acids is 1. The van der Waals surface area contributed by atoms with Crippen LogP contribution >= 0.6 is 0 Å². The van der Waals surface area contributed by atoms with Crippen LogP contribution in [0.25, 0.3) is 0 Å². The molecule has 1 unspecified atom stereocenters. The molecule has 0 radical (unpaired) electrons. The van der Waals surface area contributed by atoms with Crippen LogP contribution in [0.1, 0.15) is 17.9 Å². The van der Waals surface area contributed by atoms with E-state index in [4.69, 9.17) is 5.11 Å². The van der Waals surface area contributed by atoms with Crippen molar-refractivity contribution in [3.8, 4) is 0 Å². The van der Waals surface area contributed by atoms with Crippen molar-refractivity contribution in [2.75, 3.05) is 24.7 Å². The lowest BCUT2D eigenvalue weighted by Crippen LogP contribution is -2.25. The first-order chi connectivity index (χ1) is 7.74. The largest absolute Gasteiger partial charge is 0.481 e. The number of rotatable bonds is 4. The molecule has 1 N–H and O–H groups in total. The maximum Gasteiger partial charge on any atom is 0.312 e. The summed E-state index contributed by atoms with van der Waals surface area (Å²) in [4.78, 5) is 13.0. The summed E-state index contributed by atoms with van der Waals surface area (Å²) in [7, 11) is 0. The summed E-state index contributed by atoms with van der Waals surface area (Å²) < 4.78 is 12.1. The second-order valence-electron chi connectivity index (χ2n) is 3.94. The fourth-order valence-corrected chi connectivity index (χ4v) is 2.16. The van der Waals surface area contributed by atoms with Crippen LogP contribution in [0.5, 0.6) is 0 Å². The molecular formula is C12H14FNO2. The van der Waals surface area contributed by atoms with E-state index in [1.807, 2.05) is 29.2 Å². The van der Waals surface area contributed by atoms with Gasteiger partial charge in [-0.05, 0) is 18.1 Å². The molecule has 0 spiro atoms. The summed E-state index contributed by atoms with van der Waals surface area (Å²) in [5, 5.41) is 9.10. The van der Waals surface area contributed by atoms with Crippen LogP contribution in [-0.2, 0) is 4.79 Å². The van der Waals surface area contributed by atoms with Gasteiger partial charge in [-0.25, -0.2) is 0 Å². The van der Waals surface area contributed by atoms with E-state index < -0.39 is 11.9 Å². The topological polar surface area (TPSA) is 40.5 Å². The molecule has 1 aliphatic rings. The van der Waals surface area contributed by atoms with Gasteiger partial charge in [0, 0.05) is 18.8 Å². The number of benzene rings is 1. The van der Waals surface area contributed by atoms with Crippen LogP contribution in [-0.4, -0.2) is 30.8 Å². The van der Waals surface area contributed by atoms with Crippen molar-refractivity contribution in [2.45, 2.75) is 12.3 Å². The summed E-state index contributed by atoms with van der Waals surface area (Å²) in [5.41, 5.74) is 1.78. The van der Waals surface area contributed by atoms with Gasteiger partial charge in [-0.1, -0.05) is 18.2 Å². The molecule has 1 aromatic rings. The Bertz CT molecular complexity index is 394. The second kappa shape index (κ2) is 4.51. The van der Waals surface area contributed by atoms with Gasteiger partial charge in [-0.15, -0.1) is 0 Å². The Morgan fingerprint density at radius 1 is 1.50 bits per heavy atom. The van der Waals surface area contributed by atoms with E-state index in [0.717, 1.165) is 11.3 Å². The molecule has 1 atom stereocenters. The maximum atomic E-state index is 12.1. The lowest BCUT2D eigenvalue weighted by atomic mass is 10.0. The van der Waals surface area contributed by atoms with Crippen molar-refractivity contribution in [2.24, 2.45) is 0 Å². The molecule has 3 nitrogen and oxygen atoms in total. The normalized spacial score (nSPS) is 18.6. The highest BCUT2D eigenvalue weighted by Gasteiger charge is 2.32. The Labute approximate surface area is 93.5 Å². The third-order valence-electron chi connectivity index (χ3n) is 2.92. The highest BCUT2D eigenvalue weighted by Crippen LogP contribution is 2.36. The zero-order chi connectivity index (χ0) is 11.5. The number of hydrogen-bond acceptors (Lipinski definition) is 2. The summed E-state index contributed by atoms with van der Waals surface area (Å²) in [5.74, 6) is -1.29. The van der Waals surface area contributed by atoms with Gasteiger partial charge >= 0.3 is 5.97 Å². The monoisotopic (exact) mass is 223 g/mol. The molecule has 0 bridgehead atoms. The fraction of sp³-hybridized carbons (Fsp3) is 0.417. The van der Waals surface area contributed by atoms with E-state index in [1.54, 1.807) is 0 Å². The van der Waals surface area contributed by atoms with Gasteiger partial charge < -0.3 is 10.0 Å². The minimum Gasteiger partial charge on any atom is -0.481 e. The van der Waals surface area contributed by atoms with Crippen LogP contribution in [0, 0.1) is 0 Å². The van der Waals surface area contributed by atoms with Crippen LogP contribution in [0.15, 0.2) is 24.3 Å². The van der Waals surface area contributed by atoms with E-state index in [2.05, 4.69) is 0 Å². The molecule has 4 heteroatoms. The lowest BCUT2D eigenvalue weighted by Gasteiger charge is -2.18. The third kappa shape index (κ3) is 1.87. The number of nitrogens with zero attached hydrogens (tertiary/aromatic N) is 1. The molecule has 0 saturated carbocycles. The first-order valence-corrected chi connectivity index (χ1v) is 5.36. The quantitative estimate of drug-likeness (QED) is 0.849. The molecule has 1 heterocycles. The molecule has 86 valence electrons. The summed E-state index contributed by atoms with van der Waals surface area (Å²) in [6.45, 7) is 0.669. The Morgan fingerprint density at radius 3 is 2.94 bits per heavy atom. The van der Waals surface area contributed by atoms with Crippen molar-refractivity contribution in [1.29, 1.82) is 0 Å². The summed E-state index contributed by atoms with van der Waals surface area (Å²) in [6, 6.07) is 7.46. The average molecular weight is 223 g/mol. The van der Waals surface area contributed by atoms with E-state index in [-0.39, 0.29) is 6.67 Å². The fourth-order valence-electron chi connectivity index (χ4n) is 2.16. The first kappa shape index (κ1) is 10.9. The van der Waals surface area contributed by atoms with Gasteiger partial charge in [-0.2, -0.15) is 0 Å². The van der Waals surface area contributed by atoms with Gasteiger partial charge in [-0.3, -0.25) is 9.18 Å². The molecular weight excluding hydrogens is 209 g/mol. The standard InChI is InChI=1S/C12H14FNO2/c13-6-3-7-14-8-10(12(15)16)9-4-1-2-5-11(9)14/h1-2,4-5,10H,3,6-8H2,(H,15,16). The van der Waals surface area contributed by atoms with Crippen LogP contribution in [0.2, 0.25) is 0 Å². The van der Waals surface area contributed by atoms with Gasteiger partial charge in [0.1, 0.15) is 5.92 Å². The zero-order valence-electron chi connectivity index (χ0n) is 8.90. The number of halogens is 1. The summed E-state index contributed by atoms with van der Waals surface area (Å²) in [6.07, 6.45) is 0.445. The molecule has 0 aliphatic carbocycles. The number of hydrogen-bond donors (Lipinski definition) is 1. The van der Waals surface area contributed by atoms with Gasteiger partial charge in [0.15, 0.2) is 0 Å². The summed E-state index contributed by atoms with van der Waals surface area (Å²) >= 11 is 0. The SMILES string of the molecule is O=C(O)C1CN(CCCF)c2ccccc21. The number of alkyl halides is 1. The maximum absolute atomic E-state index is 12.1. The number of anilines is 1. The molecule has 0 aromatic heterocycles. The van der Waals surface area contributed by atoms with E-state index in [1.165, 1.54) is 0 Å². The highest BCUT2D eigenvalue weighted by molar-refractivity contribution is 5.82. The van der Waals surface area contributed by atoms with Crippen molar-refractivity contribution >= 4 is 11.7 Å². The minimum absolute atomic E-state index is 0.365. The van der Waals surface area contributed by atoms with Crippen molar-refractivity contribution in [1.82, 2.24) is 0 Å². The molecule has 1 aliphatic heterocycles. The first-order valence-electron chi connectivity index (χ1n) is 5.36. The average Bonchev–Trinajstić information content (AvgIpc) is 2.65. The van der Waals surface area contributed by atoms with E-state index in [9.17, 15) is 9.18 Å². The number of carboxylic acids is 1. The minimum atomic E-state index is -0.810. The van der Waals surface area contributed by atoms with Gasteiger partial charge in [0.2, 0.25) is 0 Å². The number of para-hydroxylation sites is 1. The lowest BCUT2D eigenvalue weighted by molar-refractivity contribution is -0.138. The predicted octanol–water partition coefficient (Wildman–Crippen LogP) is 2.03. The van der Waals surface area contributed by atoms with Crippen molar-refractivity contribution < 1.29 is 14.3 Å². The van der Waals surface area contributed by atoms with Crippen molar-refractivity contribution in [3.05, 3.63) is 29.8 Å². The van der Waals surface area contributed by atoms with E-state index >= 15 is 0 Å². The Morgan fingerprint density at radius 2 is 2.25 bits per heavy atom. The van der Waals surface area contributed by atoms with Crippen LogP contribution in [0.3, 0.4) is 0 Å². The smallest absolute Gasteiger partial charge is 0.312 e. The third-order valence-corrected chi connectivity index (χ3v) is 2.92. The molecule has 2 rings (SSSR count).